The summed E-state index contributed by atoms with van der Waals surface area (Å²) >= 11 is 1.78. The molecule has 214 valence electrons. The van der Waals surface area contributed by atoms with E-state index < -0.39 is 0 Å². The Morgan fingerprint density at radius 2 is 1.22 bits per heavy atom. The quantitative estimate of drug-likeness (QED) is 0.188. The number of para-hydroxylation sites is 1. The number of nitrogens with zero attached hydrogens (tertiary/aromatic N) is 2. The van der Waals surface area contributed by atoms with Gasteiger partial charge in [0.25, 0.3) is 0 Å². The zero-order valence-corrected chi connectivity index (χ0v) is 26.0. The van der Waals surface area contributed by atoms with Crippen LogP contribution in [-0.2, 0) is 5.41 Å². The molecule has 45 heavy (non-hydrogen) atoms. The number of benzene rings is 7. The van der Waals surface area contributed by atoms with E-state index in [1.54, 1.807) is 11.3 Å². The number of hydrogen-bond donors (Lipinski definition) is 0. The van der Waals surface area contributed by atoms with Crippen molar-refractivity contribution in [3.05, 3.63) is 157 Å². The minimum absolute atomic E-state index is 0.0581. The summed E-state index contributed by atoms with van der Waals surface area (Å²) in [4.78, 5) is 7.45. The van der Waals surface area contributed by atoms with Crippen molar-refractivity contribution in [3.8, 4) is 21.7 Å². The van der Waals surface area contributed by atoms with Crippen LogP contribution in [0.15, 0.2) is 146 Å². The normalized spacial score (nSPS) is 13.3. The van der Waals surface area contributed by atoms with Gasteiger partial charge >= 0.3 is 0 Å². The van der Waals surface area contributed by atoms with Gasteiger partial charge in [0.05, 0.1) is 10.2 Å². The van der Waals surface area contributed by atoms with E-state index in [4.69, 9.17) is 4.98 Å². The van der Waals surface area contributed by atoms with Gasteiger partial charge < -0.3 is 4.90 Å². The Bertz CT molecular complexity index is 2400. The third kappa shape index (κ3) is 4.04. The molecule has 0 radical (unpaired) electrons. The van der Waals surface area contributed by atoms with Crippen LogP contribution in [0.25, 0.3) is 53.5 Å². The third-order valence-corrected chi connectivity index (χ3v) is 10.6. The van der Waals surface area contributed by atoms with E-state index in [0.717, 1.165) is 33.1 Å². The molecule has 0 spiro atoms. The van der Waals surface area contributed by atoms with E-state index in [0.29, 0.717) is 0 Å². The maximum Gasteiger partial charge on any atom is 0.124 e. The SMILES string of the molecule is CC1(C)c2ccccc2-c2ccc(N(c3ccccc3)c3ccc(-c4nc5ccc6c7ccccc7ccc6c5s4)cc3)cc21. The Labute approximate surface area is 266 Å². The summed E-state index contributed by atoms with van der Waals surface area (Å²) in [5.41, 5.74) is 11.0. The fourth-order valence-electron chi connectivity index (χ4n) is 7.21. The van der Waals surface area contributed by atoms with Gasteiger partial charge in [-0.15, -0.1) is 11.3 Å². The van der Waals surface area contributed by atoms with Crippen LogP contribution in [0, 0.1) is 0 Å². The summed E-state index contributed by atoms with van der Waals surface area (Å²) in [6, 6.07) is 52.8. The van der Waals surface area contributed by atoms with Crippen LogP contribution in [0.2, 0.25) is 0 Å². The Morgan fingerprint density at radius 1 is 0.533 bits per heavy atom. The maximum atomic E-state index is 5.08. The van der Waals surface area contributed by atoms with Crippen molar-refractivity contribution in [2.75, 3.05) is 4.90 Å². The number of fused-ring (bicyclic) bond motifs is 8. The first-order valence-corrected chi connectivity index (χ1v) is 16.3. The highest BCUT2D eigenvalue weighted by Gasteiger charge is 2.35. The van der Waals surface area contributed by atoms with Crippen molar-refractivity contribution in [2.45, 2.75) is 19.3 Å². The lowest BCUT2D eigenvalue weighted by atomic mass is 9.82. The largest absolute Gasteiger partial charge is 0.310 e. The van der Waals surface area contributed by atoms with Crippen LogP contribution >= 0.6 is 11.3 Å². The maximum absolute atomic E-state index is 5.08. The Morgan fingerprint density at radius 3 is 2.09 bits per heavy atom. The second kappa shape index (κ2) is 9.88. The molecule has 0 aliphatic heterocycles. The molecule has 9 rings (SSSR count). The minimum Gasteiger partial charge on any atom is -0.310 e. The van der Waals surface area contributed by atoms with Crippen molar-refractivity contribution in [1.82, 2.24) is 4.98 Å². The Hall–Kier alpha value is -5.25. The molecule has 2 nitrogen and oxygen atoms in total. The summed E-state index contributed by atoms with van der Waals surface area (Å²) in [7, 11) is 0. The average molecular weight is 595 g/mol. The predicted molar refractivity (Wildman–Crippen MR) is 192 cm³/mol. The molecule has 0 amide bonds. The van der Waals surface area contributed by atoms with E-state index in [1.165, 1.54) is 48.5 Å². The average Bonchev–Trinajstić information content (AvgIpc) is 3.63. The predicted octanol–water partition coefficient (Wildman–Crippen LogP) is 12.0. The van der Waals surface area contributed by atoms with Gasteiger partial charge in [-0.25, -0.2) is 4.98 Å². The van der Waals surface area contributed by atoms with Crippen molar-refractivity contribution >= 4 is 60.2 Å². The second-order valence-corrected chi connectivity index (χ2v) is 13.4. The molecular formula is C42H30N2S. The molecular weight excluding hydrogens is 565 g/mol. The number of anilines is 3. The van der Waals surface area contributed by atoms with E-state index in [1.807, 2.05) is 0 Å². The zero-order valence-electron chi connectivity index (χ0n) is 25.2. The molecule has 1 aliphatic rings. The van der Waals surface area contributed by atoms with E-state index in [2.05, 4.69) is 164 Å². The molecule has 1 heterocycles. The van der Waals surface area contributed by atoms with Gasteiger partial charge in [0.1, 0.15) is 5.01 Å². The van der Waals surface area contributed by atoms with Crippen LogP contribution in [0.4, 0.5) is 17.1 Å². The van der Waals surface area contributed by atoms with E-state index in [-0.39, 0.29) is 5.41 Å². The number of thiazole rings is 1. The summed E-state index contributed by atoms with van der Waals surface area (Å²) in [6.07, 6.45) is 0. The minimum atomic E-state index is -0.0581. The molecule has 0 saturated heterocycles. The molecule has 1 aromatic heterocycles. The summed E-state index contributed by atoms with van der Waals surface area (Å²) < 4.78 is 1.24. The smallest absolute Gasteiger partial charge is 0.124 e. The number of aromatic nitrogens is 1. The van der Waals surface area contributed by atoms with Crippen molar-refractivity contribution in [2.24, 2.45) is 0 Å². The van der Waals surface area contributed by atoms with Crippen LogP contribution in [0.3, 0.4) is 0 Å². The molecule has 1 aliphatic carbocycles. The fourth-order valence-corrected chi connectivity index (χ4v) is 8.30. The standard InChI is InChI=1S/C42H30N2S/c1-42(2)37-15-9-8-14-34(37)35-23-21-31(26-38(35)42)44(29-11-4-3-5-12-29)30-19-16-28(17-20-30)41-43-39-25-24-33-32-13-7-6-10-27(32)18-22-36(33)40(39)45-41/h3-26H,1-2H3. The molecule has 0 fully saturated rings. The lowest BCUT2D eigenvalue weighted by Gasteiger charge is -2.28. The van der Waals surface area contributed by atoms with Gasteiger partial charge in [0.2, 0.25) is 0 Å². The van der Waals surface area contributed by atoms with Crippen LogP contribution in [-0.4, -0.2) is 4.98 Å². The Balaban J connectivity index is 1.13. The lowest BCUT2D eigenvalue weighted by molar-refractivity contribution is 0.660. The third-order valence-electron chi connectivity index (χ3n) is 9.49. The van der Waals surface area contributed by atoms with Gasteiger partial charge in [-0.2, -0.15) is 0 Å². The Kier molecular flexibility index (Phi) is 5.75. The van der Waals surface area contributed by atoms with Gasteiger partial charge in [0, 0.05) is 33.4 Å². The summed E-state index contributed by atoms with van der Waals surface area (Å²) in [5, 5.41) is 6.15. The molecule has 0 bridgehead atoms. The first-order chi connectivity index (χ1) is 22.1. The first kappa shape index (κ1) is 26.2. The molecule has 0 atom stereocenters. The zero-order chi connectivity index (χ0) is 30.1. The van der Waals surface area contributed by atoms with E-state index in [9.17, 15) is 0 Å². The number of hydrogen-bond acceptors (Lipinski definition) is 3. The van der Waals surface area contributed by atoms with Gasteiger partial charge in [-0.05, 0) is 93.0 Å². The van der Waals surface area contributed by atoms with E-state index >= 15 is 0 Å². The summed E-state index contributed by atoms with van der Waals surface area (Å²) in [5.74, 6) is 0. The van der Waals surface area contributed by atoms with Gasteiger partial charge in [-0.1, -0.05) is 105 Å². The van der Waals surface area contributed by atoms with Crippen molar-refractivity contribution < 1.29 is 0 Å². The molecule has 0 unspecified atom stereocenters. The van der Waals surface area contributed by atoms with Crippen LogP contribution in [0.1, 0.15) is 25.0 Å². The highest BCUT2D eigenvalue weighted by molar-refractivity contribution is 7.22. The van der Waals surface area contributed by atoms with Crippen molar-refractivity contribution in [1.29, 1.82) is 0 Å². The van der Waals surface area contributed by atoms with Crippen LogP contribution in [0.5, 0.6) is 0 Å². The fraction of sp³-hybridized carbons (Fsp3) is 0.0714. The molecule has 8 aromatic rings. The molecule has 3 heteroatoms. The molecule has 7 aromatic carbocycles. The molecule has 0 saturated carbocycles. The lowest BCUT2D eigenvalue weighted by Crippen LogP contribution is -2.16. The van der Waals surface area contributed by atoms with Gasteiger partial charge in [0.15, 0.2) is 0 Å². The monoisotopic (exact) mass is 594 g/mol. The first-order valence-electron chi connectivity index (χ1n) is 15.5. The number of rotatable bonds is 4. The topological polar surface area (TPSA) is 16.1 Å². The van der Waals surface area contributed by atoms with Crippen LogP contribution < -0.4 is 4.90 Å². The van der Waals surface area contributed by atoms with Gasteiger partial charge in [-0.3, -0.25) is 0 Å². The molecule has 0 N–H and O–H groups in total. The highest BCUT2D eigenvalue weighted by Crippen LogP contribution is 2.50. The highest BCUT2D eigenvalue weighted by atomic mass is 32.1. The van der Waals surface area contributed by atoms with Crippen molar-refractivity contribution in [3.63, 3.8) is 0 Å². The second-order valence-electron chi connectivity index (χ2n) is 12.4. The summed E-state index contributed by atoms with van der Waals surface area (Å²) in [6.45, 7) is 4.68.